The quantitative estimate of drug-likeness (QED) is 0.129. The molecule has 1 rings (SSSR count). The fourth-order valence-electron chi connectivity index (χ4n) is 3.40. The fraction of sp³-hybridized carbons (Fsp3) is 0.583. The van der Waals surface area contributed by atoms with E-state index in [0.717, 1.165) is 12.0 Å². The van der Waals surface area contributed by atoms with E-state index < -0.39 is 54.0 Å². The summed E-state index contributed by atoms with van der Waals surface area (Å²) in [5.41, 5.74) is 12.2. The highest BCUT2D eigenvalue weighted by Gasteiger charge is 2.32. The Hall–Kier alpha value is -2.67. The molecule has 1 aromatic carbocycles. The van der Waals surface area contributed by atoms with Crippen LogP contribution < -0.4 is 27.4 Å². The van der Waals surface area contributed by atoms with Gasteiger partial charge in [0.05, 0.1) is 12.1 Å². The molecule has 0 aliphatic heterocycles. The molecule has 5 atom stereocenters. The molecule has 0 aliphatic carbocycles. The van der Waals surface area contributed by atoms with Crippen molar-refractivity contribution in [3.05, 3.63) is 35.9 Å². The predicted molar refractivity (Wildman–Crippen MR) is 139 cm³/mol. The van der Waals surface area contributed by atoms with Gasteiger partial charge in [-0.15, -0.1) is 0 Å². The largest absolute Gasteiger partial charge is 0.480 e. The number of rotatable bonds is 17. The number of thioether (sulfide) groups is 1. The van der Waals surface area contributed by atoms with E-state index in [1.807, 2.05) is 6.26 Å². The number of nitrogens with two attached hydrogens (primary N) is 2. The van der Waals surface area contributed by atoms with Crippen molar-refractivity contribution >= 4 is 35.5 Å². The van der Waals surface area contributed by atoms with Gasteiger partial charge in [-0.05, 0) is 50.3 Å². The van der Waals surface area contributed by atoms with Crippen molar-refractivity contribution in [3.63, 3.8) is 0 Å². The van der Waals surface area contributed by atoms with Gasteiger partial charge in [0.2, 0.25) is 17.7 Å². The summed E-state index contributed by atoms with van der Waals surface area (Å²) in [6, 6.07) is 4.45. The third-order valence-electron chi connectivity index (χ3n) is 5.51. The third kappa shape index (κ3) is 11.4. The number of amides is 3. The molecule has 202 valence electrons. The number of carbonyl (C=O) groups is 4. The van der Waals surface area contributed by atoms with E-state index in [9.17, 15) is 29.4 Å². The molecule has 0 aromatic heterocycles. The summed E-state index contributed by atoms with van der Waals surface area (Å²) in [7, 11) is 0. The van der Waals surface area contributed by atoms with Crippen LogP contribution in [0.3, 0.4) is 0 Å². The monoisotopic (exact) mass is 525 g/mol. The number of hydrogen-bond acceptors (Lipinski definition) is 8. The SMILES string of the molecule is CSCCC(NC(=O)C(N)CCCCN)C(=O)NC(Cc1ccccc1)C(=O)NC(C(=O)O)C(C)O. The van der Waals surface area contributed by atoms with E-state index >= 15 is 0 Å². The molecular formula is C24H39N5O6S. The molecule has 12 heteroatoms. The molecule has 0 aliphatic rings. The minimum Gasteiger partial charge on any atom is -0.480 e. The standard InChI is InChI=1S/C24H39N5O6S/c1-15(30)20(24(34)35)29-23(33)19(14-16-8-4-3-5-9-16)28-22(32)18(11-13-36-2)27-21(31)17(26)10-6-7-12-25/h3-5,8-9,15,17-20,30H,6-7,10-14,25-26H2,1-2H3,(H,27,31)(H,28,32)(H,29,33)(H,34,35). The number of nitrogens with one attached hydrogen (secondary N) is 3. The summed E-state index contributed by atoms with van der Waals surface area (Å²) < 4.78 is 0. The number of carboxylic acids is 1. The average molecular weight is 526 g/mol. The minimum absolute atomic E-state index is 0.0758. The number of unbranched alkanes of at least 4 members (excludes halogenated alkanes) is 1. The lowest BCUT2D eigenvalue weighted by atomic mass is 10.0. The van der Waals surface area contributed by atoms with E-state index in [-0.39, 0.29) is 6.42 Å². The van der Waals surface area contributed by atoms with Crippen LogP contribution in [0.5, 0.6) is 0 Å². The number of hydrogen-bond donors (Lipinski definition) is 7. The van der Waals surface area contributed by atoms with E-state index in [1.165, 1.54) is 18.7 Å². The molecule has 0 radical (unpaired) electrons. The first-order valence-electron chi connectivity index (χ1n) is 11.9. The number of aliphatic carboxylic acids is 1. The van der Waals surface area contributed by atoms with Crippen molar-refractivity contribution < 1.29 is 29.4 Å². The Morgan fingerprint density at radius 2 is 1.56 bits per heavy atom. The summed E-state index contributed by atoms with van der Waals surface area (Å²) in [6.07, 6.45) is 2.73. The van der Waals surface area contributed by atoms with E-state index in [2.05, 4.69) is 16.0 Å². The van der Waals surface area contributed by atoms with Crippen molar-refractivity contribution in [2.24, 2.45) is 11.5 Å². The van der Waals surface area contributed by atoms with Crippen molar-refractivity contribution in [1.82, 2.24) is 16.0 Å². The van der Waals surface area contributed by atoms with E-state index in [4.69, 9.17) is 11.5 Å². The molecule has 11 nitrogen and oxygen atoms in total. The minimum atomic E-state index is -1.55. The Bertz CT molecular complexity index is 842. The molecule has 0 saturated carbocycles. The Labute approximate surface area is 216 Å². The number of aliphatic hydroxyl groups excluding tert-OH is 1. The number of aliphatic hydroxyl groups is 1. The smallest absolute Gasteiger partial charge is 0.328 e. The zero-order chi connectivity index (χ0) is 27.1. The maximum Gasteiger partial charge on any atom is 0.328 e. The van der Waals surface area contributed by atoms with Crippen LogP contribution in [0.2, 0.25) is 0 Å². The van der Waals surface area contributed by atoms with Gasteiger partial charge >= 0.3 is 5.97 Å². The van der Waals surface area contributed by atoms with Gasteiger partial charge in [-0.2, -0.15) is 11.8 Å². The molecule has 9 N–H and O–H groups in total. The van der Waals surface area contributed by atoms with Crippen LogP contribution in [0.25, 0.3) is 0 Å². The van der Waals surface area contributed by atoms with Crippen molar-refractivity contribution in [2.75, 3.05) is 18.6 Å². The number of carboxylic acid groups (broad SMARTS) is 1. The molecule has 0 fully saturated rings. The second-order valence-corrected chi connectivity index (χ2v) is 9.54. The number of benzene rings is 1. The zero-order valence-electron chi connectivity index (χ0n) is 20.8. The van der Waals surface area contributed by atoms with Crippen molar-refractivity contribution in [1.29, 1.82) is 0 Å². The van der Waals surface area contributed by atoms with Crippen molar-refractivity contribution in [3.8, 4) is 0 Å². The maximum atomic E-state index is 13.2. The first-order chi connectivity index (χ1) is 17.1. The van der Waals surface area contributed by atoms with Crippen LogP contribution >= 0.6 is 11.8 Å². The number of carbonyl (C=O) groups excluding carboxylic acids is 3. The van der Waals surface area contributed by atoms with Gasteiger partial charge in [0.15, 0.2) is 6.04 Å². The maximum absolute atomic E-state index is 13.2. The van der Waals surface area contributed by atoms with Crippen LogP contribution in [0.15, 0.2) is 30.3 Å². The van der Waals surface area contributed by atoms with Crippen LogP contribution in [0, 0.1) is 0 Å². The second-order valence-electron chi connectivity index (χ2n) is 8.55. The van der Waals surface area contributed by atoms with Gasteiger partial charge in [-0.3, -0.25) is 14.4 Å². The molecule has 36 heavy (non-hydrogen) atoms. The topological polar surface area (TPSA) is 197 Å². The molecule has 0 bridgehead atoms. The van der Waals surface area contributed by atoms with Gasteiger partial charge < -0.3 is 37.6 Å². The lowest BCUT2D eigenvalue weighted by Gasteiger charge is -2.26. The average Bonchev–Trinajstić information content (AvgIpc) is 2.84. The van der Waals surface area contributed by atoms with Crippen molar-refractivity contribution in [2.45, 2.75) is 69.3 Å². The summed E-state index contributed by atoms with van der Waals surface area (Å²) in [5.74, 6) is -2.67. The molecule has 0 saturated heterocycles. The lowest BCUT2D eigenvalue weighted by Crippen LogP contribution is -2.58. The first-order valence-corrected chi connectivity index (χ1v) is 13.3. The van der Waals surface area contributed by atoms with Gasteiger partial charge in [0, 0.05) is 6.42 Å². The second kappa shape index (κ2) is 16.9. The van der Waals surface area contributed by atoms with Gasteiger partial charge in [0.1, 0.15) is 12.1 Å². The summed E-state index contributed by atoms with van der Waals surface area (Å²) >= 11 is 1.49. The summed E-state index contributed by atoms with van der Waals surface area (Å²) in [5, 5.41) is 26.7. The lowest BCUT2D eigenvalue weighted by molar-refractivity contribution is -0.145. The molecular weight excluding hydrogens is 486 g/mol. The molecule has 1 aromatic rings. The van der Waals surface area contributed by atoms with E-state index in [0.29, 0.717) is 31.6 Å². The fourth-order valence-corrected chi connectivity index (χ4v) is 3.87. The van der Waals surface area contributed by atoms with Crippen LogP contribution in [-0.4, -0.2) is 82.7 Å². The molecule has 0 spiro atoms. The van der Waals surface area contributed by atoms with Gasteiger partial charge in [0.25, 0.3) is 0 Å². The van der Waals surface area contributed by atoms with Gasteiger partial charge in [-0.1, -0.05) is 36.8 Å². The van der Waals surface area contributed by atoms with Crippen LogP contribution in [0.4, 0.5) is 0 Å². The highest BCUT2D eigenvalue weighted by molar-refractivity contribution is 7.98. The zero-order valence-corrected chi connectivity index (χ0v) is 21.6. The molecule has 3 amide bonds. The van der Waals surface area contributed by atoms with Crippen LogP contribution in [-0.2, 0) is 25.6 Å². The Kier molecular flexibility index (Phi) is 14.7. The molecule has 5 unspecified atom stereocenters. The Morgan fingerprint density at radius 3 is 2.11 bits per heavy atom. The Balaban J connectivity index is 3.04. The molecule has 0 heterocycles. The third-order valence-corrected chi connectivity index (χ3v) is 6.16. The summed E-state index contributed by atoms with van der Waals surface area (Å²) in [6.45, 7) is 1.74. The predicted octanol–water partition coefficient (Wildman–Crippen LogP) is -0.642. The van der Waals surface area contributed by atoms with Gasteiger partial charge in [-0.25, -0.2) is 4.79 Å². The highest BCUT2D eigenvalue weighted by Crippen LogP contribution is 2.08. The highest BCUT2D eigenvalue weighted by atomic mass is 32.2. The normalized spacial score (nSPS) is 15.1. The first kappa shape index (κ1) is 31.4. The van der Waals surface area contributed by atoms with E-state index in [1.54, 1.807) is 30.3 Å². The van der Waals surface area contributed by atoms with Crippen LogP contribution in [0.1, 0.15) is 38.2 Å². The Morgan fingerprint density at radius 1 is 0.944 bits per heavy atom. The summed E-state index contributed by atoms with van der Waals surface area (Å²) in [4.78, 5) is 50.2.